The Kier molecular flexibility index (Phi) is 4.43. The summed E-state index contributed by atoms with van der Waals surface area (Å²) in [5, 5.41) is 8.04. The quantitative estimate of drug-likeness (QED) is 0.695. The molecule has 3 aromatic rings. The van der Waals surface area contributed by atoms with Gasteiger partial charge in [-0.25, -0.2) is 0 Å². The summed E-state index contributed by atoms with van der Waals surface area (Å²) >= 11 is 0. The molecule has 0 saturated carbocycles. The first-order chi connectivity index (χ1) is 13.1. The summed E-state index contributed by atoms with van der Waals surface area (Å²) in [7, 11) is 1.60. The lowest BCUT2D eigenvalue weighted by molar-refractivity contribution is 0.0724. The van der Waals surface area contributed by atoms with Crippen LogP contribution in [-0.4, -0.2) is 34.8 Å². The number of aryl methyl sites for hydroxylation is 2. The number of rotatable bonds is 4. The summed E-state index contributed by atoms with van der Waals surface area (Å²) in [6.07, 6.45) is 1.81. The van der Waals surface area contributed by atoms with Crippen LogP contribution in [0.3, 0.4) is 0 Å². The molecule has 7 heteroatoms. The van der Waals surface area contributed by atoms with Crippen molar-refractivity contribution < 1.29 is 18.6 Å². The molecule has 2 aromatic heterocycles. The number of carbonyl (C=O) groups excluding carboxylic acids is 1. The van der Waals surface area contributed by atoms with Gasteiger partial charge >= 0.3 is 0 Å². The fourth-order valence-electron chi connectivity index (χ4n) is 3.77. The second kappa shape index (κ2) is 6.90. The zero-order valence-electron chi connectivity index (χ0n) is 15.6. The second-order valence-electron chi connectivity index (χ2n) is 6.67. The SMILES string of the molecule is COc1ccccc1-c1cc(C(=O)N2CCCC2c2c(C)noc2C)no1. The van der Waals surface area contributed by atoms with Crippen LogP contribution in [0.1, 0.15) is 46.4 Å². The van der Waals surface area contributed by atoms with Crippen LogP contribution in [0.25, 0.3) is 11.3 Å². The highest BCUT2D eigenvalue weighted by Gasteiger charge is 2.35. The molecule has 1 amide bonds. The molecule has 1 atom stereocenters. The average molecular weight is 367 g/mol. The van der Waals surface area contributed by atoms with Crippen molar-refractivity contribution in [3.63, 3.8) is 0 Å². The first-order valence-corrected chi connectivity index (χ1v) is 8.94. The molecule has 1 aliphatic heterocycles. The van der Waals surface area contributed by atoms with Crippen LogP contribution in [-0.2, 0) is 0 Å². The van der Waals surface area contributed by atoms with E-state index in [0.717, 1.165) is 35.4 Å². The number of likely N-dealkylation sites (tertiary alicyclic amines) is 1. The van der Waals surface area contributed by atoms with Gasteiger partial charge in [0.1, 0.15) is 11.5 Å². The predicted octanol–water partition coefficient (Wildman–Crippen LogP) is 3.93. The Balaban J connectivity index is 1.63. The van der Waals surface area contributed by atoms with Crippen molar-refractivity contribution in [3.8, 4) is 17.1 Å². The first kappa shape index (κ1) is 17.3. The van der Waals surface area contributed by atoms with Gasteiger partial charge in [-0.05, 0) is 38.8 Å². The molecule has 0 spiro atoms. The van der Waals surface area contributed by atoms with E-state index >= 15 is 0 Å². The average Bonchev–Trinajstić information content (AvgIpc) is 3.41. The molecular formula is C20H21N3O4. The van der Waals surface area contributed by atoms with Crippen molar-refractivity contribution >= 4 is 5.91 Å². The fraction of sp³-hybridized carbons (Fsp3) is 0.350. The molecule has 1 fully saturated rings. The molecule has 1 saturated heterocycles. The molecule has 4 rings (SSSR count). The second-order valence-corrected chi connectivity index (χ2v) is 6.67. The van der Waals surface area contributed by atoms with Gasteiger partial charge in [-0.1, -0.05) is 22.4 Å². The number of hydrogen-bond donors (Lipinski definition) is 0. The summed E-state index contributed by atoms with van der Waals surface area (Å²) in [5.74, 6) is 1.78. The van der Waals surface area contributed by atoms with Crippen molar-refractivity contribution in [2.75, 3.05) is 13.7 Å². The standard InChI is InChI=1S/C20H21N3O4/c1-12-19(13(2)26-21-12)16-8-6-10-23(16)20(24)15-11-18(27-22-15)14-7-4-5-9-17(14)25-3/h4-5,7,9,11,16H,6,8,10H2,1-3H3. The van der Waals surface area contributed by atoms with Gasteiger partial charge in [0.15, 0.2) is 11.5 Å². The van der Waals surface area contributed by atoms with Crippen molar-refractivity contribution in [2.24, 2.45) is 0 Å². The fourth-order valence-corrected chi connectivity index (χ4v) is 3.77. The third kappa shape index (κ3) is 2.99. The summed E-state index contributed by atoms with van der Waals surface area (Å²) in [4.78, 5) is 14.9. The van der Waals surface area contributed by atoms with E-state index in [-0.39, 0.29) is 17.6 Å². The topological polar surface area (TPSA) is 81.6 Å². The molecule has 1 unspecified atom stereocenters. The summed E-state index contributed by atoms with van der Waals surface area (Å²) < 4.78 is 16.1. The molecule has 3 heterocycles. The number of methoxy groups -OCH3 is 1. The predicted molar refractivity (Wildman–Crippen MR) is 97.5 cm³/mol. The molecule has 0 radical (unpaired) electrons. The molecule has 1 aromatic carbocycles. The van der Waals surface area contributed by atoms with Gasteiger partial charge < -0.3 is 18.7 Å². The van der Waals surface area contributed by atoms with Crippen molar-refractivity contribution in [2.45, 2.75) is 32.7 Å². The highest BCUT2D eigenvalue weighted by Crippen LogP contribution is 2.37. The van der Waals surface area contributed by atoms with E-state index in [1.54, 1.807) is 13.2 Å². The van der Waals surface area contributed by atoms with E-state index in [2.05, 4.69) is 10.3 Å². The molecule has 27 heavy (non-hydrogen) atoms. The van der Waals surface area contributed by atoms with E-state index in [4.69, 9.17) is 13.8 Å². The van der Waals surface area contributed by atoms with Gasteiger partial charge in [0, 0.05) is 18.2 Å². The molecule has 0 bridgehead atoms. The van der Waals surface area contributed by atoms with E-state index in [1.807, 2.05) is 43.0 Å². The Morgan fingerprint density at radius 1 is 1.22 bits per heavy atom. The maximum Gasteiger partial charge on any atom is 0.276 e. The molecular weight excluding hydrogens is 346 g/mol. The highest BCUT2D eigenvalue weighted by molar-refractivity contribution is 5.93. The lowest BCUT2D eigenvalue weighted by atomic mass is 10.0. The van der Waals surface area contributed by atoms with E-state index in [9.17, 15) is 4.79 Å². The Hall–Kier alpha value is -3.09. The van der Waals surface area contributed by atoms with Crippen molar-refractivity contribution in [1.29, 1.82) is 0 Å². The monoisotopic (exact) mass is 367 g/mol. The lowest BCUT2D eigenvalue weighted by Gasteiger charge is -2.23. The third-order valence-corrected chi connectivity index (χ3v) is 5.04. The van der Waals surface area contributed by atoms with E-state index < -0.39 is 0 Å². The smallest absolute Gasteiger partial charge is 0.276 e. The number of aromatic nitrogens is 2. The largest absolute Gasteiger partial charge is 0.496 e. The molecule has 0 aliphatic carbocycles. The minimum Gasteiger partial charge on any atom is -0.496 e. The van der Waals surface area contributed by atoms with Crippen LogP contribution in [0.4, 0.5) is 0 Å². The van der Waals surface area contributed by atoms with Gasteiger partial charge in [-0.3, -0.25) is 4.79 Å². The number of benzene rings is 1. The summed E-state index contributed by atoms with van der Waals surface area (Å²) in [6, 6.07) is 9.10. The maximum absolute atomic E-state index is 13.1. The Morgan fingerprint density at radius 2 is 2.04 bits per heavy atom. The first-order valence-electron chi connectivity index (χ1n) is 8.94. The van der Waals surface area contributed by atoms with Gasteiger partial charge in [0.2, 0.25) is 0 Å². The molecule has 7 nitrogen and oxygen atoms in total. The highest BCUT2D eigenvalue weighted by atomic mass is 16.5. The van der Waals surface area contributed by atoms with Crippen LogP contribution in [0.2, 0.25) is 0 Å². The van der Waals surface area contributed by atoms with E-state index in [1.165, 1.54) is 0 Å². The maximum atomic E-state index is 13.1. The van der Waals surface area contributed by atoms with Crippen LogP contribution in [0.5, 0.6) is 5.75 Å². The normalized spacial score (nSPS) is 16.7. The summed E-state index contributed by atoms with van der Waals surface area (Å²) in [5.41, 5.74) is 2.87. The molecule has 140 valence electrons. The van der Waals surface area contributed by atoms with Crippen LogP contribution >= 0.6 is 0 Å². The molecule has 1 aliphatic rings. The van der Waals surface area contributed by atoms with Crippen LogP contribution < -0.4 is 4.74 Å². The van der Waals surface area contributed by atoms with Crippen LogP contribution in [0.15, 0.2) is 39.4 Å². The van der Waals surface area contributed by atoms with Crippen LogP contribution in [0, 0.1) is 13.8 Å². The minimum atomic E-state index is -0.151. The number of nitrogens with zero attached hydrogens (tertiary/aromatic N) is 3. The summed E-state index contributed by atoms with van der Waals surface area (Å²) in [6.45, 7) is 4.46. The Morgan fingerprint density at radius 3 is 2.78 bits per heavy atom. The number of ether oxygens (including phenoxy) is 1. The zero-order valence-corrected chi connectivity index (χ0v) is 15.6. The van der Waals surface area contributed by atoms with Gasteiger partial charge in [0.25, 0.3) is 5.91 Å². The Bertz CT molecular complexity index is 956. The van der Waals surface area contributed by atoms with Crippen molar-refractivity contribution in [3.05, 3.63) is 53.0 Å². The van der Waals surface area contributed by atoms with Gasteiger partial charge in [-0.15, -0.1) is 0 Å². The Labute approximate surface area is 156 Å². The number of para-hydroxylation sites is 1. The van der Waals surface area contributed by atoms with E-state index in [0.29, 0.717) is 18.1 Å². The van der Waals surface area contributed by atoms with Gasteiger partial charge in [0.05, 0.1) is 24.4 Å². The van der Waals surface area contributed by atoms with Crippen molar-refractivity contribution in [1.82, 2.24) is 15.2 Å². The lowest BCUT2D eigenvalue weighted by Crippen LogP contribution is -2.31. The third-order valence-electron chi connectivity index (χ3n) is 5.04. The zero-order chi connectivity index (χ0) is 19.0. The number of hydrogen-bond acceptors (Lipinski definition) is 6. The molecule has 0 N–H and O–H groups in total. The minimum absolute atomic E-state index is 0.0461. The number of amides is 1. The van der Waals surface area contributed by atoms with Gasteiger partial charge in [-0.2, -0.15) is 0 Å². The number of carbonyl (C=O) groups is 1.